The first-order valence-corrected chi connectivity index (χ1v) is 5.00. The Hall–Kier alpha value is -1.89. The lowest BCUT2D eigenvalue weighted by Crippen LogP contribution is -2.37. The number of nitriles is 1. The fourth-order valence-electron chi connectivity index (χ4n) is 1.35. The second-order valence-electron chi connectivity index (χ2n) is 3.66. The summed E-state index contributed by atoms with van der Waals surface area (Å²) in [5, 5.41) is 8.61. The average Bonchev–Trinajstić information content (AvgIpc) is 2.25. The molecule has 1 aromatic rings. The standard InChI is InChI=1S/C12H13FN2O/c1-9(2)15(8-7-14)12(16)10-5-3-4-6-11(10)13/h3-6,9H,8H2,1-2H3. The van der Waals surface area contributed by atoms with Crippen LogP contribution in [0.4, 0.5) is 4.39 Å². The molecule has 16 heavy (non-hydrogen) atoms. The minimum Gasteiger partial charge on any atom is -0.323 e. The van der Waals surface area contributed by atoms with Gasteiger partial charge in [0.15, 0.2) is 0 Å². The smallest absolute Gasteiger partial charge is 0.257 e. The van der Waals surface area contributed by atoms with Crippen molar-refractivity contribution in [1.82, 2.24) is 4.90 Å². The van der Waals surface area contributed by atoms with E-state index in [9.17, 15) is 9.18 Å². The molecule has 0 aromatic heterocycles. The van der Waals surface area contributed by atoms with Crippen LogP contribution in [-0.4, -0.2) is 23.4 Å². The zero-order chi connectivity index (χ0) is 12.1. The Labute approximate surface area is 94.1 Å². The highest BCUT2D eigenvalue weighted by Crippen LogP contribution is 2.11. The second-order valence-corrected chi connectivity index (χ2v) is 3.66. The third kappa shape index (κ3) is 2.57. The molecule has 0 aliphatic carbocycles. The molecule has 0 saturated heterocycles. The van der Waals surface area contributed by atoms with Gasteiger partial charge in [0.1, 0.15) is 12.4 Å². The molecule has 0 aliphatic heterocycles. The largest absolute Gasteiger partial charge is 0.323 e. The molecule has 0 atom stereocenters. The third-order valence-corrected chi connectivity index (χ3v) is 2.23. The van der Waals surface area contributed by atoms with E-state index in [2.05, 4.69) is 0 Å². The minimum absolute atomic E-state index is 0.00597. The van der Waals surface area contributed by atoms with E-state index in [0.717, 1.165) is 0 Å². The van der Waals surface area contributed by atoms with Crippen molar-refractivity contribution >= 4 is 5.91 Å². The Morgan fingerprint density at radius 1 is 1.50 bits per heavy atom. The molecule has 0 spiro atoms. The zero-order valence-electron chi connectivity index (χ0n) is 9.27. The molecule has 1 aromatic carbocycles. The minimum atomic E-state index is -0.559. The van der Waals surface area contributed by atoms with Gasteiger partial charge in [0.25, 0.3) is 5.91 Å². The van der Waals surface area contributed by atoms with Crippen molar-refractivity contribution in [1.29, 1.82) is 5.26 Å². The summed E-state index contributed by atoms with van der Waals surface area (Å²) in [5.41, 5.74) is 0.00597. The van der Waals surface area contributed by atoms with E-state index in [-0.39, 0.29) is 18.2 Å². The number of carbonyl (C=O) groups excluding carboxylic acids is 1. The third-order valence-electron chi connectivity index (χ3n) is 2.23. The molecule has 0 unspecified atom stereocenters. The molecule has 0 N–H and O–H groups in total. The van der Waals surface area contributed by atoms with Gasteiger partial charge in [-0.25, -0.2) is 4.39 Å². The Morgan fingerprint density at radius 2 is 2.12 bits per heavy atom. The van der Waals surface area contributed by atoms with Crippen molar-refractivity contribution in [3.8, 4) is 6.07 Å². The van der Waals surface area contributed by atoms with E-state index in [1.807, 2.05) is 6.07 Å². The SMILES string of the molecule is CC(C)N(CC#N)C(=O)c1ccccc1F. The molecule has 3 nitrogen and oxygen atoms in total. The maximum atomic E-state index is 13.4. The predicted molar refractivity (Wildman–Crippen MR) is 58.2 cm³/mol. The van der Waals surface area contributed by atoms with Crippen molar-refractivity contribution in [3.63, 3.8) is 0 Å². The fraction of sp³-hybridized carbons (Fsp3) is 0.333. The number of rotatable bonds is 3. The first-order valence-electron chi connectivity index (χ1n) is 5.00. The van der Waals surface area contributed by atoms with Gasteiger partial charge in [0.05, 0.1) is 11.6 Å². The molecule has 84 valence electrons. The lowest BCUT2D eigenvalue weighted by atomic mass is 10.1. The van der Waals surface area contributed by atoms with E-state index < -0.39 is 11.7 Å². The number of nitrogens with zero attached hydrogens (tertiary/aromatic N) is 2. The number of hydrogen-bond donors (Lipinski definition) is 0. The van der Waals surface area contributed by atoms with Crippen LogP contribution in [0.1, 0.15) is 24.2 Å². The summed E-state index contributed by atoms with van der Waals surface area (Å²) in [7, 11) is 0. The van der Waals surface area contributed by atoms with Crippen LogP contribution in [0, 0.1) is 17.1 Å². The van der Waals surface area contributed by atoms with E-state index in [1.165, 1.54) is 23.1 Å². The summed E-state index contributed by atoms with van der Waals surface area (Å²) < 4.78 is 13.4. The second kappa shape index (κ2) is 5.26. The van der Waals surface area contributed by atoms with Gasteiger partial charge in [-0.1, -0.05) is 12.1 Å². The molecule has 0 bridgehead atoms. The fourth-order valence-corrected chi connectivity index (χ4v) is 1.35. The van der Waals surface area contributed by atoms with Gasteiger partial charge in [-0.15, -0.1) is 0 Å². The number of hydrogen-bond acceptors (Lipinski definition) is 2. The normalized spacial score (nSPS) is 9.94. The van der Waals surface area contributed by atoms with Gasteiger partial charge >= 0.3 is 0 Å². The molecule has 1 amide bonds. The highest BCUT2D eigenvalue weighted by atomic mass is 19.1. The Kier molecular flexibility index (Phi) is 4.01. The van der Waals surface area contributed by atoms with Crippen LogP contribution < -0.4 is 0 Å². The zero-order valence-corrected chi connectivity index (χ0v) is 9.27. The summed E-state index contributed by atoms with van der Waals surface area (Å²) >= 11 is 0. The van der Waals surface area contributed by atoms with E-state index in [0.29, 0.717) is 0 Å². The monoisotopic (exact) mass is 220 g/mol. The first kappa shape index (κ1) is 12.2. The number of amides is 1. The maximum absolute atomic E-state index is 13.4. The van der Waals surface area contributed by atoms with Crippen molar-refractivity contribution < 1.29 is 9.18 Å². The van der Waals surface area contributed by atoms with Crippen LogP contribution >= 0.6 is 0 Å². The predicted octanol–water partition coefficient (Wildman–Crippen LogP) is 2.20. The van der Waals surface area contributed by atoms with Gasteiger partial charge in [0.2, 0.25) is 0 Å². The Balaban J connectivity index is 3.01. The van der Waals surface area contributed by atoms with E-state index in [4.69, 9.17) is 5.26 Å². The van der Waals surface area contributed by atoms with Gasteiger partial charge in [-0.05, 0) is 26.0 Å². The van der Waals surface area contributed by atoms with Crippen LogP contribution in [0.5, 0.6) is 0 Å². The molecule has 0 aliphatic rings. The quantitative estimate of drug-likeness (QED) is 0.733. The molecule has 0 heterocycles. The molecule has 0 fully saturated rings. The summed E-state index contributed by atoms with van der Waals surface area (Å²) in [6, 6.07) is 7.55. The van der Waals surface area contributed by atoms with Gasteiger partial charge < -0.3 is 4.90 Å². The average molecular weight is 220 g/mol. The lowest BCUT2D eigenvalue weighted by molar-refractivity contribution is 0.0726. The van der Waals surface area contributed by atoms with E-state index >= 15 is 0 Å². The molecular formula is C12H13FN2O. The Bertz CT molecular complexity index is 423. The summed E-state index contributed by atoms with van der Waals surface area (Å²) in [6.45, 7) is 3.54. The van der Waals surface area contributed by atoms with Gasteiger partial charge in [0, 0.05) is 6.04 Å². The van der Waals surface area contributed by atoms with Crippen LogP contribution in [0.3, 0.4) is 0 Å². The molecule has 4 heteroatoms. The van der Waals surface area contributed by atoms with Gasteiger partial charge in [-0.3, -0.25) is 4.79 Å². The van der Waals surface area contributed by atoms with Crippen LogP contribution in [0.25, 0.3) is 0 Å². The molecule has 0 saturated carbocycles. The number of halogens is 1. The topological polar surface area (TPSA) is 44.1 Å². The van der Waals surface area contributed by atoms with Crippen molar-refractivity contribution in [2.24, 2.45) is 0 Å². The summed E-state index contributed by atoms with van der Waals surface area (Å²) in [5.74, 6) is -1.01. The van der Waals surface area contributed by atoms with Crippen LogP contribution in [0.15, 0.2) is 24.3 Å². The van der Waals surface area contributed by atoms with Crippen molar-refractivity contribution in [2.75, 3.05) is 6.54 Å². The van der Waals surface area contributed by atoms with E-state index in [1.54, 1.807) is 19.9 Å². The summed E-state index contributed by atoms with van der Waals surface area (Å²) in [4.78, 5) is 13.3. The van der Waals surface area contributed by atoms with Gasteiger partial charge in [-0.2, -0.15) is 5.26 Å². The number of carbonyl (C=O) groups is 1. The highest BCUT2D eigenvalue weighted by molar-refractivity contribution is 5.94. The molecule has 1 rings (SSSR count). The Morgan fingerprint density at radius 3 is 2.62 bits per heavy atom. The number of benzene rings is 1. The van der Waals surface area contributed by atoms with Crippen LogP contribution in [-0.2, 0) is 0 Å². The van der Waals surface area contributed by atoms with Crippen molar-refractivity contribution in [2.45, 2.75) is 19.9 Å². The maximum Gasteiger partial charge on any atom is 0.257 e. The van der Waals surface area contributed by atoms with Crippen LogP contribution in [0.2, 0.25) is 0 Å². The summed E-state index contributed by atoms with van der Waals surface area (Å²) in [6.07, 6.45) is 0. The lowest BCUT2D eigenvalue weighted by Gasteiger charge is -2.23. The molecule has 0 radical (unpaired) electrons. The molecular weight excluding hydrogens is 207 g/mol. The van der Waals surface area contributed by atoms with Crippen molar-refractivity contribution in [3.05, 3.63) is 35.6 Å². The highest BCUT2D eigenvalue weighted by Gasteiger charge is 2.20. The first-order chi connectivity index (χ1) is 7.57.